The molecule has 3 amide bonds. The van der Waals surface area contributed by atoms with Crippen molar-refractivity contribution in [3.05, 3.63) is 29.8 Å². The highest BCUT2D eigenvalue weighted by Crippen LogP contribution is 2.12. The molecule has 0 aliphatic rings. The predicted octanol–water partition coefficient (Wildman–Crippen LogP) is -0.914. The topological polar surface area (TPSA) is 125 Å². The second kappa shape index (κ2) is 8.96. The highest BCUT2D eigenvalue weighted by molar-refractivity contribution is 5.86. The molecule has 1 aromatic carbocycles. The van der Waals surface area contributed by atoms with E-state index in [1.807, 2.05) is 0 Å². The second-order valence-electron chi connectivity index (χ2n) is 5.17. The standard InChI is InChI=1S/C15H23N3O5/c1-18(8-11(20)9-19)15(22)17-13(14(16)21)7-10-3-5-12(23-2)6-4-10/h3-6,11,13,19-20H,7-9H2,1-2H3,(H2,16,21)(H,17,22)/t11?,13-/m0/s1. The number of urea groups is 1. The van der Waals surface area contributed by atoms with Crippen molar-refractivity contribution in [3.63, 3.8) is 0 Å². The van der Waals surface area contributed by atoms with Gasteiger partial charge in [0, 0.05) is 13.5 Å². The molecule has 0 spiro atoms. The van der Waals surface area contributed by atoms with E-state index < -0.39 is 30.7 Å². The number of ether oxygens (including phenoxy) is 1. The number of likely N-dealkylation sites (N-methyl/N-ethyl adjacent to an activating group) is 1. The van der Waals surface area contributed by atoms with E-state index in [1.165, 1.54) is 11.9 Å². The zero-order valence-electron chi connectivity index (χ0n) is 13.2. The van der Waals surface area contributed by atoms with Crippen LogP contribution in [0.2, 0.25) is 0 Å². The number of amides is 3. The number of nitrogens with zero attached hydrogens (tertiary/aromatic N) is 1. The van der Waals surface area contributed by atoms with Crippen LogP contribution >= 0.6 is 0 Å². The number of carbonyl (C=O) groups is 2. The monoisotopic (exact) mass is 325 g/mol. The summed E-state index contributed by atoms with van der Waals surface area (Å²) in [6, 6.07) is 5.61. The van der Waals surface area contributed by atoms with Gasteiger partial charge in [0.05, 0.1) is 26.4 Å². The van der Waals surface area contributed by atoms with Crippen molar-refractivity contribution in [1.82, 2.24) is 10.2 Å². The number of nitrogens with two attached hydrogens (primary N) is 1. The Balaban J connectivity index is 2.67. The molecular formula is C15H23N3O5. The summed E-state index contributed by atoms with van der Waals surface area (Å²) in [5, 5.41) is 20.6. The van der Waals surface area contributed by atoms with Crippen LogP contribution in [0, 0.1) is 0 Å². The first-order valence-electron chi connectivity index (χ1n) is 7.10. The lowest BCUT2D eigenvalue weighted by Crippen LogP contribution is -2.51. The summed E-state index contributed by atoms with van der Waals surface area (Å²) in [5.74, 6) is 0.0245. The third kappa shape index (κ3) is 6.13. The highest BCUT2D eigenvalue weighted by atomic mass is 16.5. The molecule has 1 rings (SSSR count). The smallest absolute Gasteiger partial charge is 0.317 e. The molecule has 0 heterocycles. The van der Waals surface area contributed by atoms with Crippen molar-refractivity contribution in [2.45, 2.75) is 18.6 Å². The van der Waals surface area contributed by atoms with Crippen molar-refractivity contribution < 1.29 is 24.5 Å². The van der Waals surface area contributed by atoms with E-state index >= 15 is 0 Å². The van der Waals surface area contributed by atoms with Crippen LogP contribution in [0.4, 0.5) is 4.79 Å². The molecule has 1 unspecified atom stereocenters. The normalized spacial score (nSPS) is 13.0. The Hall–Kier alpha value is -2.32. The zero-order chi connectivity index (χ0) is 17.4. The van der Waals surface area contributed by atoms with E-state index in [-0.39, 0.29) is 13.0 Å². The van der Waals surface area contributed by atoms with Crippen LogP contribution in [0.5, 0.6) is 5.75 Å². The first kappa shape index (κ1) is 18.7. The second-order valence-corrected chi connectivity index (χ2v) is 5.17. The fourth-order valence-electron chi connectivity index (χ4n) is 1.94. The van der Waals surface area contributed by atoms with E-state index in [2.05, 4.69) is 5.32 Å². The van der Waals surface area contributed by atoms with E-state index in [1.54, 1.807) is 31.4 Å². The maximum absolute atomic E-state index is 12.0. The van der Waals surface area contributed by atoms with Gasteiger partial charge in [0.2, 0.25) is 5.91 Å². The quantitative estimate of drug-likeness (QED) is 0.492. The number of hydrogen-bond acceptors (Lipinski definition) is 5. The molecule has 1 aromatic rings. The molecule has 8 nitrogen and oxygen atoms in total. The number of primary amides is 1. The fraction of sp³-hybridized carbons (Fsp3) is 0.467. The Morgan fingerprint density at radius 2 is 1.96 bits per heavy atom. The van der Waals surface area contributed by atoms with Gasteiger partial charge in [-0.1, -0.05) is 12.1 Å². The summed E-state index contributed by atoms with van der Waals surface area (Å²) < 4.78 is 5.05. The molecule has 5 N–H and O–H groups in total. The van der Waals surface area contributed by atoms with Gasteiger partial charge in [-0.3, -0.25) is 4.79 Å². The lowest BCUT2D eigenvalue weighted by molar-refractivity contribution is -0.119. The van der Waals surface area contributed by atoms with Crippen LogP contribution in [0.1, 0.15) is 5.56 Å². The average molecular weight is 325 g/mol. The first-order chi connectivity index (χ1) is 10.9. The predicted molar refractivity (Wildman–Crippen MR) is 83.9 cm³/mol. The largest absolute Gasteiger partial charge is 0.497 e. The maximum atomic E-state index is 12.0. The van der Waals surface area contributed by atoms with Crippen molar-refractivity contribution in [1.29, 1.82) is 0 Å². The van der Waals surface area contributed by atoms with Crippen LogP contribution < -0.4 is 15.8 Å². The molecule has 0 saturated carbocycles. The van der Waals surface area contributed by atoms with Crippen LogP contribution in [-0.2, 0) is 11.2 Å². The summed E-state index contributed by atoms with van der Waals surface area (Å²) in [6.45, 7) is -0.515. The number of benzene rings is 1. The lowest BCUT2D eigenvalue weighted by atomic mass is 10.1. The molecule has 0 saturated heterocycles. The van der Waals surface area contributed by atoms with Gasteiger partial charge in [-0.05, 0) is 17.7 Å². The van der Waals surface area contributed by atoms with Gasteiger partial charge in [0.25, 0.3) is 0 Å². The van der Waals surface area contributed by atoms with Gasteiger partial charge in [-0.25, -0.2) is 4.79 Å². The summed E-state index contributed by atoms with van der Waals surface area (Å²) in [6.07, 6.45) is -0.805. The van der Waals surface area contributed by atoms with Gasteiger partial charge in [-0.15, -0.1) is 0 Å². The minimum Gasteiger partial charge on any atom is -0.497 e. The van der Waals surface area contributed by atoms with Gasteiger partial charge >= 0.3 is 6.03 Å². The zero-order valence-corrected chi connectivity index (χ0v) is 13.2. The maximum Gasteiger partial charge on any atom is 0.317 e. The van der Waals surface area contributed by atoms with Gasteiger partial charge in [0.1, 0.15) is 11.8 Å². The minimum atomic E-state index is -1.04. The van der Waals surface area contributed by atoms with Crippen molar-refractivity contribution in [2.24, 2.45) is 5.73 Å². The average Bonchev–Trinajstić information content (AvgIpc) is 2.54. The van der Waals surface area contributed by atoms with Gasteiger partial charge in [0.15, 0.2) is 0 Å². The Kier molecular flexibility index (Phi) is 7.30. The van der Waals surface area contributed by atoms with Crippen molar-refractivity contribution in [3.8, 4) is 5.75 Å². The lowest BCUT2D eigenvalue weighted by Gasteiger charge is -2.23. The summed E-state index contributed by atoms with van der Waals surface area (Å²) in [4.78, 5) is 24.7. The number of nitrogens with one attached hydrogen (secondary N) is 1. The molecule has 128 valence electrons. The highest BCUT2D eigenvalue weighted by Gasteiger charge is 2.21. The van der Waals surface area contributed by atoms with Crippen LogP contribution in [-0.4, -0.2) is 66.5 Å². The summed E-state index contributed by atoms with van der Waals surface area (Å²) in [7, 11) is 3.00. The molecular weight excluding hydrogens is 302 g/mol. The van der Waals surface area contributed by atoms with Gasteiger partial charge < -0.3 is 30.9 Å². The van der Waals surface area contributed by atoms with E-state index in [9.17, 15) is 14.7 Å². The molecule has 8 heteroatoms. The van der Waals surface area contributed by atoms with Crippen molar-refractivity contribution in [2.75, 3.05) is 27.3 Å². The number of aliphatic hydroxyl groups is 2. The van der Waals surface area contributed by atoms with E-state index in [0.717, 1.165) is 5.56 Å². The Labute approximate surface area is 134 Å². The van der Waals surface area contributed by atoms with Crippen molar-refractivity contribution >= 4 is 11.9 Å². The minimum absolute atomic E-state index is 0.0592. The van der Waals surface area contributed by atoms with Crippen LogP contribution in [0.15, 0.2) is 24.3 Å². The molecule has 2 atom stereocenters. The fourth-order valence-corrected chi connectivity index (χ4v) is 1.94. The molecule has 0 aromatic heterocycles. The van der Waals surface area contributed by atoms with Crippen LogP contribution in [0.25, 0.3) is 0 Å². The number of rotatable bonds is 8. The molecule has 23 heavy (non-hydrogen) atoms. The Morgan fingerprint density at radius 3 is 2.43 bits per heavy atom. The third-order valence-corrected chi connectivity index (χ3v) is 3.28. The van der Waals surface area contributed by atoms with Crippen LogP contribution in [0.3, 0.4) is 0 Å². The third-order valence-electron chi connectivity index (χ3n) is 3.28. The number of methoxy groups -OCH3 is 1. The molecule has 0 fully saturated rings. The SMILES string of the molecule is COc1ccc(C[C@H](NC(=O)N(C)CC(O)CO)C(N)=O)cc1. The van der Waals surface area contributed by atoms with E-state index in [4.69, 9.17) is 15.6 Å². The number of carbonyl (C=O) groups excluding carboxylic acids is 2. The first-order valence-corrected chi connectivity index (χ1v) is 7.10. The number of hydrogen-bond donors (Lipinski definition) is 4. The van der Waals surface area contributed by atoms with Gasteiger partial charge in [-0.2, -0.15) is 0 Å². The van der Waals surface area contributed by atoms with E-state index in [0.29, 0.717) is 5.75 Å². The molecule has 0 radical (unpaired) electrons. The summed E-state index contributed by atoms with van der Waals surface area (Å²) >= 11 is 0. The Bertz CT molecular complexity index is 520. The molecule has 0 bridgehead atoms. The Morgan fingerprint density at radius 1 is 1.35 bits per heavy atom. The molecule has 0 aliphatic carbocycles. The number of aliphatic hydroxyl groups excluding tert-OH is 2. The molecule has 0 aliphatic heterocycles. The summed E-state index contributed by atoms with van der Waals surface area (Å²) in [5.41, 5.74) is 6.14.